The molecule has 2 amide bonds. The monoisotopic (exact) mass is 520 g/mol. The number of amides is 2. The summed E-state index contributed by atoms with van der Waals surface area (Å²) < 4.78 is 44.9. The van der Waals surface area contributed by atoms with E-state index < -0.39 is 64.6 Å². The predicted octanol–water partition coefficient (Wildman–Crippen LogP) is 3.75. The van der Waals surface area contributed by atoms with Crippen LogP contribution in [0.3, 0.4) is 0 Å². The first kappa shape index (κ1) is 26.6. The van der Waals surface area contributed by atoms with E-state index in [0.29, 0.717) is 5.56 Å². The molecule has 8 nitrogen and oxygen atoms in total. The van der Waals surface area contributed by atoms with E-state index >= 15 is 0 Å². The van der Waals surface area contributed by atoms with E-state index in [2.05, 4.69) is 5.32 Å². The van der Waals surface area contributed by atoms with Crippen LogP contribution in [0.2, 0.25) is 0 Å². The highest BCUT2D eigenvalue weighted by Gasteiger charge is 2.71. The van der Waals surface area contributed by atoms with Gasteiger partial charge in [0.15, 0.2) is 5.54 Å². The van der Waals surface area contributed by atoms with Gasteiger partial charge in [-0.1, -0.05) is 18.2 Å². The fraction of sp³-hybridized carbons (Fsp3) is 0.423. The van der Waals surface area contributed by atoms with Gasteiger partial charge < -0.3 is 14.9 Å². The molecule has 4 rings (SSSR count). The highest BCUT2D eigenvalue weighted by molar-refractivity contribution is 6.10. The van der Waals surface area contributed by atoms with Crippen molar-refractivity contribution in [1.82, 2.24) is 10.2 Å². The molecule has 2 fully saturated rings. The maximum atomic E-state index is 13.5. The summed E-state index contributed by atoms with van der Waals surface area (Å²) in [7, 11) is 0. The number of fused-ring (bicyclic) bond motifs is 1. The van der Waals surface area contributed by atoms with Gasteiger partial charge in [0.2, 0.25) is 11.8 Å². The Bertz CT molecular complexity index is 1260. The quantitative estimate of drug-likeness (QED) is 0.515. The summed E-state index contributed by atoms with van der Waals surface area (Å²) in [6, 6.07) is 9.42. The normalized spacial score (nSPS) is 26.8. The van der Waals surface area contributed by atoms with Crippen LogP contribution in [0, 0.1) is 11.8 Å². The molecular formula is C26H27F3N2O6. The van der Waals surface area contributed by atoms with Crippen LogP contribution < -0.4 is 10.1 Å². The smallest absolute Gasteiger partial charge is 0.416 e. The number of hydrogen-bond acceptors (Lipinski definition) is 6. The van der Waals surface area contributed by atoms with Crippen LogP contribution >= 0.6 is 0 Å². The van der Waals surface area contributed by atoms with E-state index in [4.69, 9.17) is 4.74 Å². The Labute approximate surface area is 211 Å². The van der Waals surface area contributed by atoms with E-state index in [9.17, 15) is 37.8 Å². The van der Waals surface area contributed by atoms with E-state index in [1.54, 1.807) is 32.9 Å². The number of benzene rings is 2. The lowest BCUT2D eigenvalue weighted by molar-refractivity contribution is -0.158. The first-order chi connectivity index (χ1) is 17.1. The van der Waals surface area contributed by atoms with Crippen LogP contribution in [0.1, 0.15) is 44.9 Å². The molecule has 0 aliphatic carbocycles. The number of halogens is 3. The maximum absolute atomic E-state index is 13.5. The highest BCUT2D eigenvalue weighted by atomic mass is 19.4. The molecule has 198 valence electrons. The van der Waals surface area contributed by atoms with Gasteiger partial charge in [-0.15, -0.1) is 0 Å². The highest BCUT2D eigenvalue weighted by Crippen LogP contribution is 2.51. The number of aliphatic carboxylic acids is 1. The lowest BCUT2D eigenvalue weighted by Gasteiger charge is -2.36. The summed E-state index contributed by atoms with van der Waals surface area (Å²) in [6.07, 6.45) is -6.09. The van der Waals surface area contributed by atoms with Crippen LogP contribution in [0.5, 0.6) is 11.5 Å². The number of rotatable bonds is 5. The van der Waals surface area contributed by atoms with E-state index in [1.165, 1.54) is 31.2 Å². The van der Waals surface area contributed by atoms with Gasteiger partial charge in [-0.05, 0) is 63.6 Å². The minimum atomic E-state index is -4.56. The molecule has 2 heterocycles. The number of carbonyl (C=O) groups excluding carboxylic acids is 2. The molecule has 2 aromatic rings. The average molecular weight is 521 g/mol. The number of ether oxygens (including phenoxy) is 1. The molecule has 0 saturated carbocycles. The van der Waals surface area contributed by atoms with Gasteiger partial charge in [-0.2, -0.15) is 13.2 Å². The average Bonchev–Trinajstić information content (AvgIpc) is 3.28. The Morgan fingerprint density at radius 1 is 1.05 bits per heavy atom. The molecule has 5 atom stereocenters. The van der Waals surface area contributed by atoms with Crippen molar-refractivity contribution in [1.29, 1.82) is 0 Å². The number of carboxylic acids is 1. The van der Waals surface area contributed by atoms with Gasteiger partial charge in [-0.25, -0.2) is 0 Å². The molecule has 5 unspecified atom stereocenters. The number of likely N-dealkylation sites (tertiary alicyclic amines) is 1. The van der Waals surface area contributed by atoms with Crippen LogP contribution in [0.15, 0.2) is 48.5 Å². The molecule has 3 N–H and O–H groups in total. The van der Waals surface area contributed by atoms with Crippen molar-refractivity contribution in [3.05, 3.63) is 59.7 Å². The van der Waals surface area contributed by atoms with E-state index in [-0.39, 0.29) is 11.5 Å². The van der Waals surface area contributed by atoms with Crippen molar-refractivity contribution in [2.24, 2.45) is 11.8 Å². The zero-order valence-corrected chi connectivity index (χ0v) is 20.5. The number of imide groups is 1. The Kier molecular flexibility index (Phi) is 6.36. The van der Waals surface area contributed by atoms with Crippen molar-refractivity contribution >= 4 is 17.8 Å². The summed E-state index contributed by atoms with van der Waals surface area (Å²) in [5.41, 5.74) is -3.58. The second kappa shape index (κ2) is 8.84. The Hall–Kier alpha value is -3.44. The van der Waals surface area contributed by atoms with Crippen LogP contribution in [-0.2, 0) is 20.6 Å². The second-order valence-corrected chi connectivity index (χ2v) is 10.4. The second-order valence-electron chi connectivity index (χ2n) is 10.4. The Balaban J connectivity index is 1.76. The molecular weight excluding hydrogens is 493 g/mol. The number of aliphatic hydroxyl groups is 1. The van der Waals surface area contributed by atoms with Gasteiger partial charge in [0.25, 0.3) is 0 Å². The number of hydrogen-bond donors (Lipinski definition) is 3. The Morgan fingerprint density at radius 3 is 2.19 bits per heavy atom. The largest absolute Gasteiger partial charge is 0.480 e. The summed E-state index contributed by atoms with van der Waals surface area (Å²) >= 11 is 0. The SMILES string of the molecule is CC(O)C1(C(=O)O)NC(c2cccc(Oc3cccc(C(F)(F)F)c3)c2)C2C(=O)N(C(C)(C)C)C(=O)C21. The zero-order valence-electron chi connectivity index (χ0n) is 20.5. The van der Waals surface area contributed by atoms with Crippen molar-refractivity contribution in [3.8, 4) is 11.5 Å². The molecule has 2 saturated heterocycles. The van der Waals surface area contributed by atoms with Crippen LogP contribution in [-0.4, -0.2) is 50.1 Å². The zero-order chi connectivity index (χ0) is 27.5. The number of carboxylic acid groups (broad SMARTS) is 1. The molecule has 0 aromatic heterocycles. The van der Waals surface area contributed by atoms with Gasteiger partial charge in [0.05, 0.1) is 23.5 Å². The molecule has 37 heavy (non-hydrogen) atoms. The van der Waals surface area contributed by atoms with Gasteiger partial charge in [0.1, 0.15) is 11.5 Å². The van der Waals surface area contributed by atoms with Gasteiger partial charge >= 0.3 is 12.1 Å². The topological polar surface area (TPSA) is 116 Å². The summed E-state index contributed by atoms with van der Waals surface area (Å²) in [4.78, 5) is 40.5. The van der Waals surface area contributed by atoms with E-state index in [1.807, 2.05) is 0 Å². The third-order valence-corrected chi connectivity index (χ3v) is 6.89. The first-order valence-corrected chi connectivity index (χ1v) is 11.6. The molecule has 0 radical (unpaired) electrons. The first-order valence-electron chi connectivity index (χ1n) is 11.6. The molecule has 0 bridgehead atoms. The summed E-state index contributed by atoms with van der Waals surface area (Å²) in [5, 5.41) is 23.6. The molecule has 2 aliphatic rings. The minimum absolute atomic E-state index is 0.0703. The number of nitrogens with one attached hydrogen (secondary N) is 1. The molecule has 0 spiro atoms. The summed E-state index contributed by atoms with van der Waals surface area (Å²) in [5.74, 6) is -5.20. The lowest BCUT2D eigenvalue weighted by atomic mass is 9.76. The lowest BCUT2D eigenvalue weighted by Crippen LogP contribution is -2.63. The fourth-order valence-electron chi connectivity index (χ4n) is 5.29. The maximum Gasteiger partial charge on any atom is 0.416 e. The van der Waals surface area contributed by atoms with Crippen LogP contribution in [0.4, 0.5) is 13.2 Å². The minimum Gasteiger partial charge on any atom is -0.480 e. The number of aliphatic hydroxyl groups excluding tert-OH is 1. The van der Waals surface area contributed by atoms with Crippen molar-refractivity contribution < 1.29 is 42.5 Å². The molecule has 2 aliphatic heterocycles. The van der Waals surface area contributed by atoms with Crippen molar-refractivity contribution in [3.63, 3.8) is 0 Å². The molecule has 11 heteroatoms. The third kappa shape index (κ3) is 4.36. The number of carbonyl (C=O) groups is 3. The third-order valence-electron chi connectivity index (χ3n) is 6.89. The Morgan fingerprint density at radius 2 is 1.65 bits per heavy atom. The number of alkyl halides is 3. The summed E-state index contributed by atoms with van der Waals surface area (Å²) in [6.45, 7) is 6.20. The molecule has 2 aromatic carbocycles. The van der Waals surface area contributed by atoms with Gasteiger partial charge in [0, 0.05) is 11.6 Å². The number of nitrogens with zero attached hydrogens (tertiary/aromatic N) is 1. The van der Waals surface area contributed by atoms with Crippen molar-refractivity contribution in [2.75, 3.05) is 0 Å². The van der Waals surface area contributed by atoms with Crippen molar-refractivity contribution in [2.45, 2.75) is 57.1 Å². The van der Waals surface area contributed by atoms with Crippen LogP contribution in [0.25, 0.3) is 0 Å². The van der Waals surface area contributed by atoms with E-state index in [0.717, 1.165) is 17.0 Å². The van der Waals surface area contributed by atoms with Gasteiger partial charge in [-0.3, -0.25) is 24.6 Å². The standard InChI is InChI=1S/C26H27F3N2O6/c1-13(32)25(23(35)36)19-18(21(33)31(22(19)34)24(2,3)4)20(30-25)14-7-5-9-16(11-14)37-17-10-6-8-15(12-17)26(27,28)29/h5-13,18-20,30,32H,1-4H3,(H,35,36). The fourth-order valence-corrected chi connectivity index (χ4v) is 5.29. The predicted molar refractivity (Wildman–Crippen MR) is 124 cm³/mol.